The van der Waals surface area contributed by atoms with Crippen LogP contribution in [0.25, 0.3) is 0 Å². The van der Waals surface area contributed by atoms with Crippen molar-refractivity contribution in [3.05, 3.63) is 23.9 Å². The van der Waals surface area contributed by atoms with Crippen molar-refractivity contribution in [2.45, 2.75) is 32.2 Å². The van der Waals surface area contributed by atoms with Crippen LogP contribution < -0.4 is 10.1 Å². The van der Waals surface area contributed by atoms with Crippen molar-refractivity contribution in [3.8, 4) is 5.88 Å². The lowest BCUT2D eigenvalue weighted by Gasteiger charge is -2.15. The van der Waals surface area contributed by atoms with E-state index < -0.39 is 0 Å². The molecule has 0 saturated heterocycles. The monoisotopic (exact) mass is 278 g/mol. The van der Waals surface area contributed by atoms with Gasteiger partial charge in [0.15, 0.2) is 0 Å². The van der Waals surface area contributed by atoms with Gasteiger partial charge in [-0.05, 0) is 31.2 Å². The fourth-order valence-electron chi connectivity index (χ4n) is 1.82. The maximum atomic E-state index is 12.0. The highest BCUT2D eigenvalue weighted by molar-refractivity contribution is 5.94. The molecule has 1 aliphatic rings. The average molecular weight is 278 g/mol. The van der Waals surface area contributed by atoms with Gasteiger partial charge in [-0.1, -0.05) is 6.92 Å². The van der Waals surface area contributed by atoms with Crippen LogP contribution in [0, 0.1) is 5.92 Å². The van der Waals surface area contributed by atoms with E-state index in [1.807, 2.05) is 6.92 Å². The van der Waals surface area contributed by atoms with Gasteiger partial charge < -0.3 is 14.8 Å². The average Bonchev–Trinajstić information content (AvgIpc) is 3.29. The first-order chi connectivity index (χ1) is 9.72. The van der Waals surface area contributed by atoms with Crippen molar-refractivity contribution in [2.24, 2.45) is 5.92 Å². The number of amides is 1. The smallest absolute Gasteiger partial charge is 0.253 e. The van der Waals surface area contributed by atoms with Crippen molar-refractivity contribution in [2.75, 3.05) is 20.3 Å². The zero-order valence-corrected chi connectivity index (χ0v) is 12.1. The van der Waals surface area contributed by atoms with Crippen molar-refractivity contribution in [1.82, 2.24) is 10.3 Å². The van der Waals surface area contributed by atoms with Crippen LogP contribution >= 0.6 is 0 Å². The first-order valence-electron chi connectivity index (χ1n) is 7.11. The molecule has 1 N–H and O–H groups in total. The van der Waals surface area contributed by atoms with E-state index in [9.17, 15) is 4.79 Å². The topological polar surface area (TPSA) is 60.5 Å². The van der Waals surface area contributed by atoms with Gasteiger partial charge in [-0.25, -0.2) is 4.98 Å². The van der Waals surface area contributed by atoms with Crippen LogP contribution in [0.2, 0.25) is 0 Å². The summed E-state index contributed by atoms with van der Waals surface area (Å²) in [6.45, 7) is 3.25. The Labute approximate surface area is 119 Å². The minimum atomic E-state index is -0.129. The molecular weight excluding hydrogens is 256 g/mol. The third kappa shape index (κ3) is 4.49. The Morgan fingerprint density at radius 1 is 1.50 bits per heavy atom. The Hall–Kier alpha value is -1.62. The van der Waals surface area contributed by atoms with Crippen LogP contribution in [0.3, 0.4) is 0 Å². The normalized spacial score (nSPS) is 15.7. The number of ether oxygens (including phenoxy) is 2. The second-order valence-corrected chi connectivity index (χ2v) is 5.17. The number of hydrogen-bond acceptors (Lipinski definition) is 4. The highest BCUT2D eigenvalue weighted by Crippen LogP contribution is 2.29. The molecule has 0 aromatic carbocycles. The van der Waals surface area contributed by atoms with Gasteiger partial charge in [0.25, 0.3) is 5.91 Å². The van der Waals surface area contributed by atoms with Crippen LogP contribution in [0.1, 0.15) is 36.5 Å². The fraction of sp³-hybridized carbons (Fsp3) is 0.600. The molecule has 0 spiro atoms. The number of hydrogen-bond donors (Lipinski definition) is 1. The Balaban J connectivity index is 1.85. The molecule has 1 fully saturated rings. The van der Waals surface area contributed by atoms with E-state index in [2.05, 4.69) is 10.3 Å². The van der Waals surface area contributed by atoms with Crippen LogP contribution in [0.5, 0.6) is 5.88 Å². The van der Waals surface area contributed by atoms with Crippen molar-refractivity contribution in [1.29, 1.82) is 0 Å². The van der Waals surface area contributed by atoms with E-state index in [-0.39, 0.29) is 11.9 Å². The number of nitrogens with zero attached hydrogens (tertiary/aromatic N) is 1. The molecule has 0 bridgehead atoms. The van der Waals surface area contributed by atoms with Gasteiger partial charge in [-0.15, -0.1) is 0 Å². The quantitative estimate of drug-likeness (QED) is 0.790. The molecule has 1 aliphatic carbocycles. The molecule has 5 nitrogen and oxygen atoms in total. The summed E-state index contributed by atoms with van der Waals surface area (Å²) in [5.41, 5.74) is 0.540. The minimum Gasteiger partial charge on any atom is -0.477 e. The molecule has 0 aliphatic heterocycles. The van der Waals surface area contributed by atoms with Gasteiger partial charge >= 0.3 is 0 Å². The number of carbonyl (C=O) groups is 1. The largest absolute Gasteiger partial charge is 0.477 e. The number of nitrogens with one attached hydrogen (secondary N) is 1. The molecule has 1 unspecified atom stereocenters. The Morgan fingerprint density at radius 3 is 2.85 bits per heavy atom. The number of methoxy groups -OCH3 is 1. The van der Waals surface area contributed by atoms with Gasteiger partial charge in [0, 0.05) is 19.4 Å². The maximum absolute atomic E-state index is 12.0. The predicted octanol–water partition coefficient (Wildman–Crippen LogP) is 2.03. The number of carbonyl (C=O) groups excluding carboxylic acids is 1. The Kier molecular flexibility index (Phi) is 5.35. The first-order valence-corrected chi connectivity index (χ1v) is 7.11. The molecule has 1 heterocycles. The molecule has 20 heavy (non-hydrogen) atoms. The maximum Gasteiger partial charge on any atom is 0.253 e. The van der Waals surface area contributed by atoms with Gasteiger partial charge in [0.05, 0.1) is 24.8 Å². The summed E-state index contributed by atoms with van der Waals surface area (Å²) in [4.78, 5) is 16.2. The molecule has 0 radical (unpaired) electrons. The summed E-state index contributed by atoms with van der Waals surface area (Å²) in [7, 11) is 1.63. The number of aromatic nitrogens is 1. The van der Waals surface area contributed by atoms with Gasteiger partial charge in [0.1, 0.15) is 0 Å². The predicted molar refractivity (Wildman–Crippen MR) is 75.9 cm³/mol. The van der Waals surface area contributed by atoms with Crippen molar-refractivity contribution >= 4 is 5.91 Å². The molecule has 1 atom stereocenters. The van der Waals surface area contributed by atoms with E-state index in [4.69, 9.17) is 9.47 Å². The Morgan fingerprint density at radius 2 is 2.30 bits per heavy atom. The molecule has 110 valence electrons. The highest BCUT2D eigenvalue weighted by atomic mass is 16.5. The second-order valence-electron chi connectivity index (χ2n) is 5.17. The minimum absolute atomic E-state index is 0.0262. The van der Waals surface area contributed by atoms with E-state index >= 15 is 0 Å². The van der Waals surface area contributed by atoms with E-state index in [1.165, 1.54) is 12.8 Å². The van der Waals surface area contributed by atoms with Crippen LogP contribution in [-0.4, -0.2) is 37.3 Å². The number of rotatable bonds is 8. The van der Waals surface area contributed by atoms with Crippen molar-refractivity contribution in [3.63, 3.8) is 0 Å². The zero-order valence-electron chi connectivity index (χ0n) is 12.1. The Bertz CT molecular complexity index is 429. The third-order valence-corrected chi connectivity index (χ3v) is 3.36. The van der Waals surface area contributed by atoms with E-state index in [0.717, 1.165) is 13.0 Å². The fourth-order valence-corrected chi connectivity index (χ4v) is 1.82. The summed E-state index contributed by atoms with van der Waals surface area (Å²) in [6.07, 6.45) is 4.88. The standard InChI is InChI=1S/C15H22N2O3/c1-3-13(10-19-2)17-15(18)12-6-7-14(16-8-12)20-9-11-4-5-11/h6-8,11,13H,3-5,9-10H2,1-2H3,(H,17,18). The van der Waals surface area contributed by atoms with E-state index in [1.54, 1.807) is 25.4 Å². The summed E-state index contributed by atoms with van der Waals surface area (Å²) in [5.74, 6) is 1.15. The molecular formula is C15H22N2O3. The van der Waals surface area contributed by atoms with E-state index in [0.29, 0.717) is 24.0 Å². The van der Waals surface area contributed by atoms with Crippen molar-refractivity contribution < 1.29 is 14.3 Å². The third-order valence-electron chi connectivity index (χ3n) is 3.36. The van der Waals surface area contributed by atoms with Crippen LogP contribution in [-0.2, 0) is 4.74 Å². The molecule has 1 amide bonds. The second kappa shape index (κ2) is 7.24. The van der Waals surface area contributed by atoms with Crippen LogP contribution in [0.15, 0.2) is 18.3 Å². The number of pyridine rings is 1. The molecule has 1 aromatic heterocycles. The summed E-state index contributed by atoms with van der Waals surface area (Å²) < 4.78 is 10.6. The lowest BCUT2D eigenvalue weighted by Crippen LogP contribution is -2.37. The molecule has 1 saturated carbocycles. The van der Waals surface area contributed by atoms with Gasteiger partial charge in [-0.3, -0.25) is 4.79 Å². The summed E-state index contributed by atoms with van der Waals surface area (Å²) in [6, 6.07) is 3.51. The molecule has 5 heteroatoms. The molecule has 2 rings (SSSR count). The lowest BCUT2D eigenvalue weighted by molar-refractivity contribution is 0.0894. The van der Waals surface area contributed by atoms with Crippen LogP contribution in [0.4, 0.5) is 0 Å². The zero-order chi connectivity index (χ0) is 14.4. The molecule has 1 aromatic rings. The summed E-state index contributed by atoms with van der Waals surface area (Å²) >= 11 is 0. The SMILES string of the molecule is CCC(COC)NC(=O)c1ccc(OCC2CC2)nc1. The van der Waals surface area contributed by atoms with Gasteiger partial charge in [0.2, 0.25) is 5.88 Å². The lowest BCUT2D eigenvalue weighted by atomic mass is 10.2. The highest BCUT2D eigenvalue weighted by Gasteiger charge is 2.22. The summed E-state index contributed by atoms with van der Waals surface area (Å²) in [5, 5.41) is 2.92. The first kappa shape index (κ1) is 14.8. The van der Waals surface area contributed by atoms with Gasteiger partial charge in [-0.2, -0.15) is 0 Å².